The highest BCUT2D eigenvalue weighted by Crippen LogP contribution is 2.26. The minimum atomic E-state index is -1.51. The molecule has 1 saturated heterocycles. The van der Waals surface area contributed by atoms with Crippen molar-refractivity contribution >= 4 is 23.9 Å². The first-order valence-corrected chi connectivity index (χ1v) is 16.7. The zero-order chi connectivity index (χ0) is 35.1. The zero-order valence-electron chi connectivity index (χ0n) is 27.8. The summed E-state index contributed by atoms with van der Waals surface area (Å²) in [6, 6.07) is 33.1. The fourth-order valence-corrected chi connectivity index (χ4v) is 5.42. The molecule has 5 rings (SSSR count). The van der Waals surface area contributed by atoms with Gasteiger partial charge in [-0.05, 0) is 74.2 Å². The van der Waals surface area contributed by atoms with Gasteiger partial charge in [-0.25, -0.2) is 19.2 Å². The van der Waals surface area contributed by atoms with E-state index in [1.165, 1.54) is 0 Å². The Morgan fingerprint density at radius 3 is 1.32 bits per heavy atom. The summed E-state index contributed by atoms with van der Waals surface area (Å²) in [6.45, 7) is 1.94. The smallest absolute Gasteiger partial charge is 0.338 e. The van der Waals surface area contributed by atoms with Gasteiger partial charge < -0.3 is 28.4 Å². The Hall–Kier alpha value is -5.32. The quantitative estimate of drug-likeness (QED) is 0.0974. The van der Waals surface area contributed by atoms with Crippen LogP contribution in [0.25, 0.3) is 0 Å². The van der Waals surface area contributed by atoms with Crippen molar-refractivity contribution in [2.75, 3.05) is 13.2 Å². The molecule has 10 nitrogen and oxygen atoms in total. The first kappa shape index (κ1) is 36.0. The van der Waals surface area contributed by atoms with E-state index in [4.69, 9.17) is 28.4 Å². The topological polar surface area (TPSA) is 124 Å². The van der Waals surface area contributed by atoms with Crippen LogP contribution >= 0.6 is 0 Å². The van der Waals surface area contributed by atoms with Crippen molar-refractivity contribution in [2.45, 2.75) is 63.3 Å². The van der Waals surface area contributed by atoms with E-state index in [1.807, 2.05) is 0 Å². The van der Waals surface area contributed by atoms with Crippen LogP contribution in [-0.4, -0.2) is 67.8 Å². The Morgan fingerprint density at radius 2 is 0.940 bits per heavy atom. The number of benzene rings is 4. The maximum Gasteiger partial charge on any atom is 0.338 e. The molecule has 0 saturated carbocycles. The second-order valence-electron chi connectivity index (χ2n) is 11.6. The molecule has 0 amide bonds. The third kappa shape index (κ3) is 10.1. The molecule has 50 heavy (non-hydrogen) atoms. The van der Waals surface area contributed by atoms with Gasteiger partial charge in [0.1, 0.15) is 6.10 Å². The lowest BCUT2D eigenvalue weighted by atomic mass is 9.99. The molecule has 5 atom stereocenters. The fourth-order valence-electron chi connectivity index (χ4n) is 5.42. The largest absolute Gasteiger partial charge is 0.455 e. The van der Waals surface area contributed by atoms with Crippen LogP contribution in [0.2, 0.25) is 0 Å². The highest BCUT2D eigenvalue weighted by Gasteiger charge is 2.45. The summed E-state index contributed by atoms with van der Waals surface area (Å²) in [6.07, 6.45) is -3.59. The Kier molecular flexibility index (Phi) is 13.3. The highest BCUT2D eigenvalue weighted by atomic mass is 16.7. The summed E-state index contributed by atoms with van der Waals surface area (Å²) >= 11 is 0. The van der Waals surface area contributed by atoms with E-state index in [0.29, 0.717) is 13.0 Å². The van der Waals surface area contributed by atoms with Crippen molar-refractivity contribution in [3.63, 3.8) is 0 Å². The standard InChI is InChI=1S/C40H40O10/c1-2-32(47-37(41)28-17-7-3-8-18-28)35(49-39(43)30-21-11-5-12-22-30)36(50-40(44)31-23-13-6-14-24-31)33(27-46-34-25-15-16-26-45-34)48-38(42)29-19-9-4-10-20-29/h3-14,17-24,32-36H,2,15-16,25-27H2,1H3/t32-,33-,34?,35-,36-/m1/s1. The van der Waals surface area contributed by atoms with E-state index in [9.17, 15) is 19.2 Å². The minimum Gasteiger partial charge on any atom is -0.455 e. The molecule has 1 aliphatic heterocycles. The third-order valence-electron chi connectivity index (χ3n) is 8.08. The van der Waals surface area contributed by atoms with Gasteiger partial charge in [-0.3, -0.25) is 0 Å². The van der Waals surface area contributed by atoms with Crippen LogP contribution in [0.3, 0.4) is 0 Å². The Bertz CT molecular complexity index is 1660. The molecular formula is C40H40O10. The molecule has 1 unspecified atom stereocenters. The SMILES string of the molecule is CC[C@@H](OC(=O)c1ccccc1)[C@@H](OC(=O)c1ccccc1)[C@H](OC(=O)c1ccccc1)[C@@H](COC1CCCCO1)OC(=O)c1ccccc1. The lowest BCUT2D eigenvalue weighted by Crippen LogP contribution is -2.53. The molecule has 0 N–H and O–H groups in total. The molecule has 0 radical (unpaired) electrons. The van der Waals surface area contributed by atoms with Gasteiger partial charge >= 0.3 is 23.9 Å². The van der Waals surface area contributed by atoms with Gasteiger partial charge in [0.15, 0.2) is 24.6 Å². The predicted molar refractivity (Wildman–Crippen MR) is 182 cm³/mol. The van der Waals surface area contributed by atoms with Crippen LogP contribution < -0.4 is 0 Å². The van der Waals surface area contributed by atoms with E-state index in [2.05, 4.69) is 0 Å². The van der Waals surface area contributed by atoms with Gasteiger partial charge in [-0.15, -0.1) is 0 Å². The monoisotopic (exact) mass is 680 g/mol. The molecule has 0 bridgehead atoms. The van der Waals surface area contributed by atoms with Crippen LogP contribution in [0.1, 0.15) is 74.0 Å². The second kappa shape index (κ2) is 18.4. The Balaban J connectivity index is 1.57. The molecule has 1 aliphatic rings. The summed E-state index contributed by atoms with van der Waals surface area (Å²) in [5.74, 6) is -2.96. The van der Waals surface area contributed by atoms with E-state index < -0.39 is 54.6 Å². The summed E-state index contributed by atoms with van der Waals surface area (Å²) in [4.78, 5) is 54.5. The van der Waals surface area contributed by atoms with Gasteiger partial charge in [0.25, 0.3) is 0 Å². The summed E-state index contributed by atoms with van der Waals surface area (Å²) < 4.78 is 36.2. The lowest BCUT2D eigenvalue weighted by molar-refractivity contribution is -0.193. The van der Waals surface area contributed by atoms with E-state index >= 15 is 0 Å². The number of hydrogen-bond acceptors (Lipinski definition) is 10. The Labute approximate surface area is 291 Å². The van der Waals surface area contributed by atoms with E-state index in [-0.39, 0.29) is 35.3 Å². The van der Waals surface area contributed by atoms with Crippen molar-refractivity contribution < 1.29 is 47.6 Å². The zero-order valence-corrected chi connectivity index (χ0v) is 27.8. The van der Waals surface area contributed by atoms with E-state index in [1.54, 1.807) is 128 Å². The second-order valence-corrected chi connectivity index (χ2v) is 11.6. The van der Waals surface area contributed by atoms with E-state index in [0.717, 1.165) is 12.8 Å². The maximum absolute atomic E-state index is 13.8. The molecule has 0 aliphatic carbocycles. The molecule has 4 aromatic rings. The number of rotatable bonds is 15. The van der Waals surface area contributed by atoms with Gasteiger partial charge in [-0.2, -0.15) is 0 Å². The summed E-state index contributed by atoms with van der Waals surface area (Å²) in [5.41, 5.74) is 0.908. The average Bonchev–Trinajstić information content (AvgIpc) is 3.18. The fraction of sp³-hybridized carbons (Fsp3) is 0.300. The number of carbonyl (C=O) groups excluding carboxylic acids is 4. The molecule has 1 fully saturated rings. The molecular weight excluding hydrogens is 640 g/mol. The summed E-state index contributed by atoms with van der Waals surface area (Å²) in [7, 11) is 0. The third-order valence-corrected chi connectivity index (χ3v) is 8.08. The minimum absolute atomic E-state index is 0.136. The van der Waals surface area contributed by atoms with Crippen LogP contribution in [-0.2, 0) is 28.4 Å². The van der Waals surface area contributed by atoms with Crippen molar-refractivity contribution in [3.05, 3.63) is 144 Å². The first-order valence-electron chi connectivity index (χ1n) is 16.7. The maximum atomic E-state index is 13.8. The van der Waals surface area contributed by atoms with Crippen molar-refractivity contribution in [2.24, 2.45) is 0 Å². The van der Waals surface area contributed by atoms with Gasteiger partial charge in [0, 0.05) is 6.61 Å². The number of esters is 4. The average molecular weight is 681 g/mol. The highest BCUT2D eigenvalue weighted by molar-refractivity contribution is 5.91. The number of ether oxygens (including phenoxy) is 6. The molecule has 4 aromatic carbocycles. The first-order chi connectivity index (χ1) is 24.4. The predicted octanol–water partition coefficient (Wildman–Crippen LogP) is 6.84. The van der Waals surface area contributed by atoms with Crippen LogP contribution in [0, 0.1) is 0 Å². The molecule has 0 spiro atoms. The van der Waals surface area contributed by atoms with Gasteiger partial charge in [0.2, 0.25) is 0 Å². The van der Waals surface area contributed by atoms with Crippen molar-refractivity contribution in [1.82, 2.24) is 0 Å². The van der Waals surface area contributed by atoms with Crippen molar-refractivity contribution in [3.8, 4) is 0 Å². The molecule has 10 heteroatoms. The number of carbonyl (C=O) groups is 4. The Morgan fingerprint density at radius 1 is 0.560 bits per heavy atom. The normalized spacial score (nSPS) is 16.5. The van der Waals surface area contributed by atoms with Gasteiger partial charge in [0.05, 0.1) is 28.9 Å². The lowest BCUT2D eigenvalue weighted by Gasteiger charge is -2.36. The summed E-state index contributed by atoms with van der Waals surface area (Å²) in [5, 5.41) is 0. The van der Waals surface area contributed by atoms with Gasteiger partial charge in [-0.1, -0.05) is 79.7 Å². The molecule has 260 valence electrons. The van der Waals surface area contributed by atoms with Crippen LogP contribution in [0.5, 0.6) is 0 Å². The van der Waals surface area contributed by atoms with Crippen LogP contribution in [0.15, 0.2) is 121 Å². The van der Waals surface area contributed by atoms with Crippen LogP contribution in [0.4, 0.5) is 0 Å². The molecule has 0 aromatic heterocycles. The van der Waals surface area contributed by atoms with Crippen molar-refractivity contribution in [1.29, 1.82) is 0 Å². The molecule has 1 heterocycles. The number of hydrogen-bond donors (Lipinski definition) is 0.